The Morgan fingerprint density at radius 1 is 1.21 bits per heavy atom. The van der Waals surface area contributed by atoms with Gasteiger partial charge in [0.25, 0.3) is 0 Å². The van der Waals surface area contributed by atoms with E-state index in [1.807, 2.05) is 0 Å². The van der Waals surface area contributed by atoms with Crippen LogP contribution in [0.15, 0.2) is 29.3 Å². The van der Waals surface area contributed by atoms with Gasteiger partial charge in [0.1, 0.15) is 0 Å². The van der Waals surface area contributed by atoms with Crippen LogP contribution in [0.25, 0.3) is 0 Å². The Kier molecular flexibility index (Phi) is 3.72. The summed E-state index contributed by atoms with van der Waals surface area (Å²) in [5.41, 5.74) is 8.92. The molecule has 0 aromatic heterocycles. The maximum absolute atomic E-state index is 5.99. The zero-order valence-corrected chi connectivity index (χ0v) is 11.4. The van der Waals surface area contributed by atoms with Crippen molar-refractivity contribution in [1.29, 1.82) is 0 Å². The third-order valence-electron chi connectivity index (χ3n) is 4.40. The highest BCUT2D eigenvalue weighted by Crippen LogP contribution is 2.34. The standard InChI is InChI=1S/C16H23N3/c17-16(19-14-7-2-1-3-8-14)18-11-13-10-12-6-4-5-9-15(12)13/h4-6,9,13-14H,1-3,7-8,10-11H2,(H3,17,18,19). The van der Waals surface area contributed by atoms with Gasteiger partial charge >= 0.3 is 0 Å². The van der Waals surface area contributed by atoms with Crippen LogP contribution in [0.2, 0.25) is 0 Å². The number of benzene rings is 1. The Bertz CT molecular complexity index is 461. The van der Waals surface area contributed by atoms with Crippen LogP contribution in [0.1, 0.15) is 49.1 Å². The summed E-state index contributed by atoms with van der Waals surface area (Å²) >= 11 is 0. The van der Waals surface area contributed by atoms with Crippen molar-refractivity contribution in [3.63, 3.8) is 0 Å². The quantitative estimate of drug-likeness (QED) is 0.646. The minimum atomic E-state index is 0.547. The molecule has 0 amide bonds. The predicted molar refractivity (Wildman–Crippen MR) is 79.4 cm³/mol. The van der Waals surface area contributed by atoms with Gasteiger partial charge in [-0.15, -0.1) is 0 Å². The van der Waals surface area contributed by atoms with Gasteiger partial charge in [0.2, 0.25) is 0 Å². The maximum Gasteiger partial charge on any atom is 0.188 e. The normalized spacial score (nSPS) is 23.6. The van der Waals surface area contributed by atoms with Crippen LogP contribution in [0.3, 0.4) is 0 Å². The molecule has 3 N–H and O–H groups in total. The van der Waals surface area contributed by atoms with Crippen LogP contribution in [0.5, 0.6) is 0 Å². The van der Waals surface area contributed by atoms with Crippen molar-refractivity contribution < 1.29 is 0 Å². The molecule has 0 saturated heterocycles. The van der Waals surface area contributed by atoms with Gasteiger partial charge in [-0.1, -0.05) is 43.5 Å². The van der Waals surface area contributed by atoms with Crippen LogP contribution < -0.4 is 11.1 Å². The molecule has 0 aliphatic heterocycles. The number of hydrogen-bond donors (Lipinski definition) is 2. The summed E-state index contributed by atoms with van der Waals surface area (Å²) in [6.07, 6.45) is 7.64. The van der Waals surface area contributed by atoms with E-state index in [4.69, 9.17) is 5.73 Å². The first-order valence-corrected chi connectivity index (χ1v) is 7.47. The molecular formula is C16H23N3. The molecule has 3 rings (SSSR count). The summed E-state index contributed by atoms with van der Waals surface area (Å²) in [4.78, 5) is 4.52. The molecular weight excluding hydrogens is 234 g/mol. The monoisotopic (exact) mass is 257 g/mol. The van der Waals surface area contributed by atoms with Gasteiger partial charge in [-0.2, -0.15) is 0 Å². The molecule has 1 fully saturated rings. The van der Waals surface area contributed by atoms with Crippen LogP contribution >= 0.6 is 0 Å². The van der Waals surface area contributed by atoms with Crippen molar-refractivity contribution in [2.24, 2.45) is 10.7 Å². The van der Waals surface area contributed by atoms with Crippen molar-refractivity contribution in [3.05, 3.63) is 35.4 Å². The van der Waals surface area contributed by atoms with E-state index in [0.717, 1.165) is 13.0 Å². The molecule has 1 aromatic carbocycles. The number of nitrogens with two attached hydrogens (primary N) is 1. The Morgan fingerprint density at radius 3 is 2.79 bits per heavy atom. The average Bonchev–Trinajstić information content (AvgIpc) is 2.41. The maximum atomic E-state index is 5.99. The lowest BCUT2D eigenvalue weighted by Gasteiger charge is -2.29. The van der Waals surface area contributed by atoms with Crippen molar-refractivity contribution in [3.8, 4) is 0 Å². The summed E-state index contributed by atoms with van der Waals surface area (Å²) < 4.78 is 0. The molecule has 19 heavy (non-hydrogen) atoms. The van der Waals surface area contributed by atoms with Gasteiger partial charge < -0.3 is 11.1 Å². The summed E-state index contributed by atoms with van der Waals surface area (Å²) in [5.74, 6) is 1.21. The summed E-state index contributed by atoms with van der Waals surface area (Å²) in [5, 5.41) is 3.37. The largest absolute Gasteiger partial charge is 0.370 e. The predicted octanol–water partition coefficient (Wildman–Crippen LogP) is 2.56. The molecule has 0 radical (unpaired) electrons. The Labute approximate surface area is 115 Å². The fraction of sp³-hybridized carbons (Fsp3) is 0.562. The van der Waals surface area contributed by atoms with Gasteiger partial charge in [0.05, 0.1) is 0 Å². The molecule has 1 unspecified atom stereocenters. The molecule has 2 aliphatic rings. The van der Waals surface area contributed by atoms with Crippen molar-refractivity contribution in [2.45, 2.75) is 50.5 Å². The van der Waals surface area contributed by atoms with Gasteiger partial charge in [-0.25, -0.2) is 0 Å². The van der Waals surface area contributed by atoms with E-state index in [9.17, 15) is 0 Å². The first-order chi connectivity index (χ1) is 9.33. The van der Waals surface area contributed by atoms with E-state index in [-0.39, 0.29) is 0 Å². The molecule has 3 nitrogen and oxygen atoms in total. The highest BCUT2D eigenvalue weighted by Gasteiger charge is 2.24. The number of nitrogens with zero attached hydrogens (tertiary/aromatic N) is 1. The Hall–Kier alpha value is -1.51. The minimum Gasteiger partial charge on any atom is -0.370 e. The topological polar surface area (TPSA) is 50.4 Å². The van der Waals surface area contributed by atoms with Gasteiger partial charge in [-0.3, -0.25) is 4.99 Å². The van der Waals surface area contributed by atoms with Crippen LogP contribution in [-0.2, 0) is 6.42 Å². The SMILES string of the molecule is NC(=NCC1Cc2ccccc21)NC1CCCCC1. The highest BCUT2D eigenvalue weighted by atomic mass is 15.1. The molecule has 1 aromatic rings. The fourth-order valence-corrected chi connectivity index (χ4v) is 3.24. The van der Waals surface area contributed by atoms with E-state index < -0.39 is 0 Å². The molecule has 102 valence electrons. The number of fused-ring (bicyclic) bond motifs is 1. The lowest BCUT2D eigenvalue weighted by Crippen LogP contribution is -2.41. The second kappa shape index (κ2) is 5.64. The third-order valence-corrected chi connectivity index (χ3v) is 4.40. The zero-order chi connectivity index (χ0) is 13.1. The number of guanidine groups is 1. The minimum absolute atomic E-state index is 0.547. The molecule has 2 aliphatic carbocycles. The Morgan fingerprint density at radius 2 is 2.00 bits per heavy atom. The van der Waals surface area contributed by atoms with Gasteiger partial charge in [-0.05, 0) is 30.4 Å². The molecule has 1 atom stereocenters. The van der Waals surface area contributed by atoms with Crippen LogP contribution in [0, 0.1) is 0 Å². The van der Waals surface area contributed by atoms with Gasteiger partial charge in [0.15, 0.2) is 5.96 Å². The van der Waals surface area contributed by atoms with Crippen molar-refractivity contribution in [2.75, 3.05) is 6.54 Å². The van der Waals surface area contributed by atoms with E-state index >= 15 is 0 Å². The highest BCUT2D eigenvalue weighted by molar-refractivity contribution is 5.78. The summed E-state index contributed by atoms with van der Waals surface area (Å²) in [7, 11) is 0. The second-order valence-corrected chi connectivity index (χ2v) is 5.81. The van der Waals surface area contributed by atoms with Crippen LogP contribution in [-0.4, -0.2) is 18.5 Å². The molecule has 0 heterocycles. The number of aliphatic imine (C=N–C) groups is 1. The zero-order valence-electron chi connectivity index (χ0n) is 11.4. The lowest BCUT2D eigenvalue weighted by atomic mass is 9.78. The number of nitrogens with one attached hydrogen (secondary N) is 1. The first kappa shape index (κ1) is 12.5. The number of rotatable bonds is 3. The smallest absolute Gasteiger partial charge is 0.188 e. The van der Waals surface area contributed by atoms with E-state index in [0.29, 0.717) is 17.9 Å². The summed E-state index contributed by atoms with van der Waals surface area (Å²) in [6.45, 7) is 0.822. The van der Waals surface area contributed by atoms with Crippen molar-refractivity contribution >= 4 is 5.96 Å². The molecule has 1 saturated carbocycles. The molecule has 0 bridgehead atoms. The van der Waals surface area contributed by atoms with E-state index in [2.05, 4.69) is 34.6 Å². The lowest BCUT2D eigenvalue weighted by molar-refractivity contribution is 0.412. The molecule has 3 heteroatoms. The first-order valence-electron chi connectivity index (χ1n) is 7.47. The second-order valence-electron chi connectivity index (χ2n) is 5.81. The van der Waals surface area contributed by atoms with Crippen molar-refractivity contribution in [1.82, 2.24) is 5.32 Å². The van der Waals surface area contributed by atoms with E-state index in [1.54, 1.807) is 0 Å². The average molecular weight is 257 g/mol. The number of hydrogen-bond acceptors (Lipinski definition) is 1. The third kappa shape index (κ3) is 2.91. The Balaban J connectivity index is 1.50. The van der Waals surface area contributed by atoms with E-state index in [1.165, 1.54) is 43.2 Å². The molecule has 0 spiro atoms. The summed E-state index contributed by atoms with van der Waals surface area (Å²) in [6, 6.07) is 9.18. The fourth-order valence-electron chi connectivity index (χ4n) is 3.24. The van der Waals surface area contributed by atoms with Crippen LogP contribution in [0.4, 0.5) is 0 Å². The van der Waals surface area contributed by atoms with Gasteiger partial charge in [0, 0.05) is 18.5 Å².